The van der Waals surface area contributed by atoms with Crippen molar-refractivity contribution in [3.63, 3.8) is 0 Å². The third-order valence-electron chi connectivity index (χ3n) is 6.44. The highest BCUT2D eigenvalue weighted by Crippen LogP contribution is 2.29. The first-order chi connectivity index (χ1) is 19.7. The Hall–Kier alpha value is -4.16. The van der Waals surface area contributed by atoms with Crippen LogP contribution in [0.3, 0.4) is 0 Å². The van der Waals surface area contributed by atoms with Gasteiger partial charge in [0.2, 0.25) is 11.8 Å². The van der Waals surface area contributed by atoms with Crippen LogP contribution in [-0.2, 0) is 26.2 Å². The van der Waals surface area contributed by atoms with Gasteiger partial charge < -0.3 is 15.0 Å². The van der Waals surface area contributed by atoms with E-state index in [0.29, 0.717) is 16.3 Å². The lowest BCUT2D eigenvalue weighted by molar-refractivity contribution is -0.385. The zero-order valence-corrected chi connectivity index (χ0v) is 25.5. The number of hydrogen-bond acceptors (Lipinski definition) is 7. The van der Waals surface area contributed by atoms with Gasteiger partial charge in [-0.2, -0.15) is 0 Å². The second-order valence-corrected chi connectivity index (χ2v) is 12.2. The highest BCUT2D eigenvalue weighted by Gasteiger charge is 2.33. The average molecular weight is 617 g/mol. The number of nitro groups is 1. The van der Waals surface area contributed by atoms with E-state index in [4.69, 9.17) is 16.3 Å². The molecule has 3 aromatic carbocycles. The molecule has 2 amide bonds. The number of carbonyl (C=O) groups excluding carboxylic acids is 2. The van der Waals surface area contributed by atoms with Crippen LogP contribution in [0.15, 0.2) is 71.6 Å². The maximum absolute atomic E-state index is 14.0. The number of nitrogens with one attached hydrogen (secondary N) is 1. The lowest BCUT2D eigenvalue weighted by Gasteiger charge is -2.32. The van der Waals surface area contributed by atoms with Crippen molar-refractivity contribution in [1.29, 1.82) is 0 Å². The Balaban J connectivity index is 2.10. The van der Waals surface area contributed by atoms with E-state index in [2.05, 4.69) is 5.32 Å². The summed E-state index contributed by atoms with van der Waals surface area (Å²) in [6, 6.07) is 15.1. The molecule has 0 bridgehead atoms. The summed E-state index contributed by atoms with van der Waals surface area (Å²) >= 11 is 6.15. The predicted octanol–water partition coefficient (Wildman–Crippen LogP) is 4.70. The van der Waals surface area contributed by atoms with Crippen LogP contribution in [0, 0.1) is 17.0 Å². The molecule has 1 atom stereocenters. The van der Waals surface area contributed by atoms with Crippen molar-refractivity contribution >= 4 is 44.8 Å². The third kappa shape index (κ3) is 7.77. The first-order valence-electron chi connectivity index (χ1n) is 13.0. The SMILES string of the molecule is COc1ccc(N(CC(=O)N(Cc2cccc(Cl)c2)[C@H](C)C(=O)NC(C)C)S(=O)(=O)c2ccc(C)c([N+](=O)[O-])c2)cc1. The molecular formula is C29H33ClN4O7S. The van der Waals surface area contributed by atoms with Gasteiger partial charge in [-0.15, -0.1) is 0 Å². The molecule has 42 heavy (non-hydrogen) atoms. The first kappa shape index (κ1) is 32.4. The van der Waals surface area contributed by atoms with E-state index in [1.807, 2.05) is 0 Å². The molecule has 1 N–H and O–H groups in total. The molecule has 0 fully saturated rings. The number of halogens is 1. The molecule has 224 valence electrons. The Bertz CT molecular complexity index is 1560. The van der Waals surface area contributed by atoms with Crippen molar-refractivity contribution in [3.05, 3.63) is 93.0 Å². The minimum Gasteiger partial charge on any atom is -0.497 e. The van der Waals surface area contributed by atoms with E-state index >= 15 is 0 Å². The van der Waals surface area contributed by atoms with E-state index < -0.39 is 39.3 Å². The van der Waals surface area contributed by atoms with Gasteiger partial charge in [0.1, 0.15) is 18.3 Å². The largest absolute Gasteiger partial charge is 0.497 e. The number of anilines is 1. The van der Waals surface area contributed by atoms with Crippen molar-refractivity contribution in [2.75, 3.05) is 18.0 Å². The van der Waals surface area contributed by atoms with Crippen LogP contribution < -0.4 is 14.4 Å². The molecule has 0 saturated heterocycles. The number of ether oxygens (including phenoxy) is 1. The number of aryl methyl sites for hydroxylation is 1. The van der Waals surface area contributed by atoms with Crippen molar-refractivity contribution in [1.82, 2.24) is 10.2 Å². The molecule has 0 radical (unpaired) electrons. The average Bonchev–Trinajstić information content (AvgIpc) is 2.93. The lowest BCUT2D eigenvalue weighted by atomic mass is 10.1. The molecule has 11 nitrogen and oxygen atoms in total. The monoisotopic (exact) mass is 616 g/mol. The number of nitrogens with zero attached hydrogens (tertiary/aromatic N) is 3. The Morgan fingerprint density at radius 2 is 1.71 bits per heavy atom. The zero-order chi connectivity index (χ0) is 31.2. The number of rotatable bonds is 12. The number of methoxy groups -OCH3 is 1. The van der Waals surface area contributed by atoms with Crippen LogP contribution in [0.5, 0.6) is 5.75 Å². The number of benzene rings is 3. The number of amides is 2. The maximum Gasteiger partial charge on any atom is 0.273 e. The topological polar surface area (TPSA) is 139 Å². The summed E-state index contributed by atoms with van der Waals surface area (Å²) in [5, 5.41) is 14.8. The molecule has 0 aromatic heterocycles. The maximum atomic E-state index is 14.0. The molecule has 0 heterocycles. The van der Waals surface area contributed by atoms with Gasteiger partial charge in [-0.05, 0) is 75.7 Å². The van der Waals surface area contributed by atoms with Gasteiger partial charge >= 0.3 is 0 Å². The summed E-state index contributed by atoms with van der Waals surface area (Å²) in [4.78, 5) is 38.8. The number of carbonyl (C=O) groups is 2. The van der Waals surface area contributed by atoms with Crippen LogP contribution in [0.1, 0.15) is 31.9 Å². The van der Waals surface area contributed by atoms with Crippen LogP contribution in [0.2, 0.25) is 5.02 Å². The van der Waals surface area contributed by atoms with E-state index in [0.717, 1.165) is 10.4 Å². The third-order valence-corrected chi connectivity index (χ3v) is 8.45. The van der Waals surface area contributed by atoms with Crippen molar-refractivity contribution in [2.45, 2.75) is 51.2 Å². The molecule has 0 aliphatic heterocycles. The smallest absolute Gasteiger partial charge is 0.273 e. The molecule has 0 saturated carbocycles. The van der Waals surface area contributed by atoms with Crippen molar-refractivity contribution < 1.29 is 27.7 Å². The fourth-order valence-corrected chi connectivity index (χ4v) is 5.82. The van der Waals surface area contributed by atoms with Crippen molar-refractivity contribution in [3.8, 4) is 5.75 Å². The van der Waals surface area contributed by atoms with Gasteiger partial charge in [-0.1, -0.05) is 29.8 Å². The summed E-state index contributed by atoms with van der Waals surface area (Å²) in [6.07, 6.45) is 0. The molecule has 0 aliphatic rings. The molecule has 3 rings (SSSR count). The molecule has 3 aromatic rings. The molecule has 13 heteroatoms. The van der Waals surface area contributed by atoms with Crippen LogP contribution >= 0.6 is 11.6 Å². The second-order valence-electron chi connectivity index (χ2n) is 9.91. The second kappa shape index (κ2) is 13.7. The Labute approximate surface area is 250 Å². The van der Waals surface area contributed by atoms with Gasteiger partial charge in [-0.25, -0.2) is 8.42 Å². The molecular weight excluding hydrogens is 584 g/mol. The zero-order valence-electron chi connectivity index (χ0n) is 23.9. The normalized spacial score (nSPS) is 12.0. The summed E-state index contributed by atoms with van der Waals surface area (Å²) in [5.74, 6) is -0.647. The molecule has 0 aliphatic carbocycles. The number of hydrogen-bond donors (Lipinski definition) is 1. The van der Waals surface area contributed by atoms with E-state index in [1.165, 1.54) is 55.3 Å². The number of nitro benzene ring substituents is 1. The van der Waals surface area contributed by atoms with Crippen molar-refractivity contribution in [2.24, 2.45) is 0 Å². The summed E-state index contributed by atoms with van der Waals surface area (Å²) < 4.78 is 34.0. The fourth-order valence-electron chi connectivity index (χ4n) is 4.17. The summed E-state index contributed by atoms with van der Waals surface area (Å²) in [5.41, 5.74) is 0.657. The van der Waals surface area contributed by atoms with E-state index in [9.17, 15) is 28.1 Å². The summed E-state index contributed by atoms with van der Waals surface area (Å²) in [7, 11) is -3.05. The summed E-state index contributed by atoms with van der Waals surface area (Å²) in [6.45, 7) is 5.89. The van der Waals surface area contributed by atoms with Gasteiger partial charge in [0.05, 0.1) is 22.6 Å². The molecule has 0 spiro atoms. The highest BCUT2D eigenvalue weighted by molar-refractivity contribution is 7.92. The van der Waals surface area contributed by atoms with Gasteiger partial charge in [0.25, 0.3) is 15.7 Å². The van der Waals surface area contributed by atoms with Gasteiger partial charge in [0, 0.05) is 29.2 Å². The van der Waals surface area contributed by atoms with E-state index in [-0.39, 0.29) is 34.4 Å². The first-order valence-corrected chi connectivity index (χ1v) is 14.8. The van der Waals surface area contributed by atoms with Crippen LogP contribution in [0.25, 0.3) is 0 Å². The van der Waals surface area contributed by atoms with Crippen LogP contribution in [0.4, 0.5) is 11.4 Å². The highest BCUT2D eigenvalue weighted by atomic mass is 35.5. The van der Waals surface area contributed by atoms with E-state index in [1.54, 1.807) is 45.0 Å². The van der Waals surface area contributed by atoms with Crippen LogP contribution in [-0.4, -0.2) is 55.8 Å². The van der Waals surface area contributed by atoms with Gasteiger partial charge in [-0.3, -0.25) is 24.0 Å². The minimum absolute atomic E-state index is 0.0292. The standard InChI is InChI=1S/C29H33ClN4O7S/c1-19(2)31-29(36)21(4)32(17-22-7-6-8-23(30)15-22)28(35)18-33(24-10-12-25(41-5)13-11-24)42(39,40)26-14-9-20(3)27(16-26)34(37)38/h6-16,19,21H,17-18H2,1-5H3,(H,31,36)/t21-/m1/s1. The minimum atomic E-state index is -4.50. The quantitative estimate of drug-likeness (QED) is 0.230. The Kier molecular flexibility index (Phi) is 10.5. The predicted molar refractivity (Wildman–Crippen MR) is 160 cm³/mol. The Morgan fingerprint density at radius 3 is 2.29 bits per heavy atom. The Morgan fingerprint density at radius 1 is 1.05 bits per heavy atom. The van der Waals surface area contributed by atoms with Gasteiger partial charge in [0.15, 0.2) is 0 Å². The molecule has 0 unspecified atom stereocenters. The number of sulfonamides is 1. The fraction of sp³-hybridized carbons (Fsp3) is 0.310. The lowest BCUT2D eigenvalue weighted by Crippen LogP contribution is -2.52.